The molecule has 4 rings (SSSR count). The predicted octanol–water partition coefficient (Wildman–Crippen LogP) is 3.31. The van der Waals surface area contributed by atoms with Gasteiger partial charge in [0.1, 0.15) is 0 Å². The summed E-state index contributed by atoms with van der Waals surface area (Å²) >= 11 is 1.63. The van der Waals surface area contributed by atoms with Crippen LogP contribution in [0, 0.1) is 0 Å². The van der Waals surface area contributed by atoms with E-state index in [0.29, 0.717) is 5.95 Å². The molecular formula is C17H15N5S. The predicted molar refractivity (Wildman–Crippen MR) is 93.5 cm³/mol. The second kappa shape index (κ2) is 5.89. The van der Waals surface area contributed by atoms with E-state index in [0.717, 1.165) is 39.9 Å². The van der Waals surface area contributed by atoms with Gasteiger partial charge in [-0.2, -0.15) is 0 Å². The minimum Gasteiger partial charge on any atom is -0.369 e. The van der Waals surface area contributed by atoms with Gasteiger partial charge in [-0.15, -0.1) is 0 Å². The van der Waals surface area contributed by atoms with Crippen molar-refractivity contribution in [1.29, 1.82) is 0 Å². The van der Waals surface area contributed by atoms with Crippen molar-refractivity contribution >= 4 is 28.7 Å². The molecular weight excluding hydrogens is 306 g/mol. The average molecular weight is 321 g/mol. The van der Waals surface area contributed by atoms with Gasteiger partial charge in [-0.3, -0.25) is 0 Å². The summed E-state index contributed by atoms with van der Waals surface area (Å²) in [7, 11) is 0. The lowest BCUT2D eigenvalue weighted by Gasteiger charge is -2.04. The lowest BCUT2D eigenvalue weighted by Crippen LogP contribution is -2.05. The van der Waals surface area contributed by atoms with E-state index in [1.807, 2.05) is 59.2 Å². The smallest absolute Gasteiger partial charge is 0.201 e. The fraction of sp³-hybridized carbons (Fsp3) is 0.118. The van der Waals surface area contributed by atoms with E-state index in [9.17, 15) is 0 Å². The van der Waals surface area contributed by atoms with E-state index in [2.05, 4.69) is 15.0 Å². The third-order valence-electron chi connectivity index (χ3n) is 3.66. The molecule has 1 aliphatic heterocycles. The molecule has 0 atom stereocenters. The Morgan fingerprint density at radius 1 is 0.870 bits per heavy atom. The zero-order chi connectivity index (χ0) is 15.6. The average Bonchev–Trinajstić information content (AvgIpc) is 3.00. The summed E-state index contributed by atoms with van der Waals surface area (Å²) in [5.74, 6) is 1.39. The largest absolute Gasteiger partial charge is 0.369 e. The molecule has 23 heavy (non-hydrogen) atoms. The summed E-state index contributed by atoms with van der Waals surface area (Å²) in [6, 6.07) is 17.9. The van der Waals surface area contributed by atoms with Gasteiger partial charge < -0.3 is 10.3 Å². The molecule has 6 heteroatoms. The number of nitrogens with zero attached hydrogens (tertiary/aromatic N) is 4. The normalized spacial score (nSPS) is 11.3. The molecule has 5 nitrogen and oxygen atoms in total. The maximum Gasteiger partial charge on any atom is 0.201 e. The molecule has 1 aromatic heterocycles. The van der Waals surface area contributed by atoms with Crippen LogP contribution in [-0.4, -0.2) is 25.3 Å². The number of imidazole rings is 2. The molecule has 2 heterocycles. The summed E-state index contributed by atoms with van der Waals surface area (Å²) in [5, 5.41) is 0.800. The Bertz CT molecular complexity index is 902. The van der Waals surface area contributed by atoms with Gasteiger partial charge in [0.25, 0.3) is 0 Å². The van der Waals surface area contributed by atoms with Crippen LogP contribution in [-0.2, 0) is 6.54 Å². The van der Waals surface area contributed by atoms with Gasteiger partial charge in [0.15, 0.2) is 5.16 Å². The Hall–Kier alpha value is -2.60. The molecule has 0 radical (unpaired) electrons. The quantitative estimate of drug-likeness (QED) is 0.584. The number of para-hydroxylation sites is 2. The number of hydrogen-bond donors (Lipinski definition) is 1. The van der Waals surface area contributed by atoms with E-state index in [1.54, 1.807) is 11.8 Å². The molecule has 2 aromatic rings. The van der Waals surface area contributed by atoms with Crippen LogP contribution in [0.15, 0.2) is 59.8 Å². The maximum absolute atomic E-state index is 6.02. The standard InChI is InChI=1S/C17H15N5S/c18-16-19-14-8-4-5-9-15(14)22(16)10-11-23-17-20-12-6-2-1-3-7-13(12)21-17/h1-9H,10-11H2,(H2,18,19). The Labute approximate surface area is 137 Å². The molecule has 0 saturated heterocycles. The van der Waals surface area contributed by atoms with Gasteiger partial charge in [-0.1, -0.05) is 42.1 Å². The lowest BCUT2D eigenvalue weighted by atomic mass is 10.3. The summed E-state index contributed by atoms with van der Waals surface area (Å²) in [6.45, 7) is 0.773. The second-order valence-electron chi connectivity index (χ2n) is 5.15. The third-order valence-corrected chi connectivity index (χ3v) is 4.48. The lowest BCUT2D eigenvalue weighted by molar-refractivity contribution is 0.808. The van der Waals surface area contributed by atoms with Crippen LogP contribution >= 0.6 is 11.8 Å². The number of hydrogen-bond acceptors (Lipinski definition) is 5. The number of anilines is 1. The van der Waals surface area contributed by atoms with Crippen molar-refractivity contribution in [3.8, 4) is 11.4 Å². The summed E-state index contributed by atoms with van der Waals surface area (Å²) in [5.41, 5.74) is 9.85. The number of thioether (sulfide) groups is 1. The molecule has 0 fully saturated rings. The minimum absolute atomic E-state index is 0.549. The molecule has 0 spiro atoms. The van der Waals surface area contributed by atoms with E-state index in [-0.39, 0.29) is 0 Å². The first kappa shape index (κ1) is 14.0. The first-order valence-corrected chi connectivity index (χ1v) is 8.36. The second-order valence-corrected chi connectivity index (χ2v) is 6.21. The number of aryl methyl sites for hydroxylation is 1. The summed E-state index contributed by atoms with van der Waals surface area (Å²) in [6.07, 6.45) is 0. The van der Waals surface area contributed by atoms with E-state index in [4.69, 9.17) is 5.73 Å². The zero-order valence-electron chi connectivity index (χ0n) is 12.4. The van der Waals surface area contributed by atoms with Gasteiger partial charge in [0.05, 0.1) is 22.4 Å². The number of benzene rings is 1. The topological polar surface area (TPSA) is 69.6 Å². The highest BCUT2D eigenvalue weighted by Crippen LogP contribution is 2.24. The Balaban J connectivity index is 1.51. The Morgan fingerprint density at radius 2 is 1.57 bits per heavy atom. The molecule has 0 amide bonds. The van der Waals surface area contributed by atoms with Crippen molar-refractivity contribution in [3.63, 3.8) is 0 Å². The first-order chi connectivity index (χ1) is 11.3. The fourth-order valence-electron chi connectivity index (χ4n) is 2.57. The maximum atomic E-state index is 6.02. The molecule has 1 aliphatic carbocycles. The molecule has 2 N–H and O–H groups in total. The highest BCUT2D eigenvalue weighted by atomic mass is 32.2. The minimum atomic E-state index is 0.549. The monoisotopic (exact) mass is 321 g/mol. The molecule has 0 saturated carbocycles. The Morgan fingerprint density at radius 3 is 2.35 bits per heavy atom. The van der Waals surface area contributed by atoms with Crippen LogP contribution < -0.4 is 5.73 Å². The van der Waals surface area contributed by atoms with Crippen molar-refractivity contribution in [2.45, 2.75) is 11.7 Å². The van der Waals surface area contributed by atoms with E-state index >= 15 is 0 Å². The van der Waals surface area contributed by atoms with Gasteiger partial charge in [0.2, 0.25) is 5.95 Å². The third kappa shape index (κ3) is 2.73. The highest BCUT2D eigenvalue weighted by molar-refractivity contribution is 7.99. The van der Waals surface area contributed by atoms with Crippen LogP contribution in [0.5, 0.6) is 0 Å². The van der Waals surface area contributed by atoms with Crippen LogP contribution in [0.25, 0.3) is 22.4 Å². The molecule has 2 aliphatic rings. The van der Waals surface area contributed by atoms with Crippen LogP contribution in [0.2, 0.25) is 0 Å². The molecule has 0 unspecified atom stereocenters. The van der Waals surface area contributed by atoms with Crippen molar-refractivity contribution in [2.24, 2.45) is 0 Å². The highest BCUT2D eigenvalue weighted by Gasteiger charge is 2.11. The summed E-state index contributed by atoms with van der Waals surface area (Å²) < 4.78 is 2.03. The SMILES string of the molecule is Nc1nc2ccccc2n1CCSc1nc2cccccc-2n1. The summed E-state index contributed by atoms with van der Waals surface area (Å²) in [4.78, 5) is 13.5. The van der Waals surface area contributed by atoms with Gasteiger partial charge in [-0.05, 0) is 24.3 Å². The van der Waals surface area contributed by atoms with Crippen LogP contribution in [0.4, 0.5) is 5.95 Å². The number of rotatable bonds is 4. The number of nitrogens with two attached hydrogens (primary N) is 1. The first-order valence-electron chi connectivity index (χ1n) is 7.37. The molecule has 1 aromatic carbocycles. The molecule has 114 valence electrons. The van der Waals surface area contributed by atoms with Crippen molar-refractivity contribution < 1.29 is 0 Å². The Kier molecular flexibility index (Phi) is 3.59. The van der Waals surface area contributed by atoms with Crippen molar-refractivity contribution in [3.05, 3.63) is 54.6 Å². The van der Waals surface area contributed by atoms with Gasteiger partial charge in [0, 0.05) is 12.3 Å². The van der Waals surface area contributed by atoms with E-state index in [1.165, 1.54) is 0 Å². The van der Waals surface area contributed by atoms with Crippen LogP contribution in [0.1, 0.15) is 0 Å². The van der Waals surface area contributed by atoms with Crippen molar-refractivity contribution in [2.75, 3.05) is 11.5 Å². The zero-order valence-corrected chi connectivity index (χ0v) is 13.2. The molecule has 0 bridgehead atoms. The van der Waals surface area contributed by atoms with Crippen LogP contribution in [0.3, 0.4) is 0 Å². The van der Waals surface area contributed by atoms with Crippen molar-refractivity contribution in [1.82, 2.24) is 19.5 Å². The van der Waals surface area contributed by atoms with Gasteiger partial charge in [-0.25, -0.2) is 15.0 Å². The number of nitrogen functional groups attached to an aromatic ring is 1. The number of aromatic nitrogens is 4. The number of fused-ring (bicyclic) bond motifs is 2. The van der Waals surface area contributed by atoms with Gasteiger partial charge >= 0.3 is 0 Å². The fourth-order valence-corrected chi connectivity index (χ4v) is 3.35. The van der Waals surface area contributed by atoms with E-state index < -0.39 is 0 Å².